The van der Waals surface area contributed by atoms with Crippen molar-refractivity contribution < 1.29 is 23.0 Å². The lowest BCUT2D eigenvalue weighted by molar-refractivity contribution is -0.234. The molecule has 5 nitrogen and oxygen atoms in total. The second-order valence-corrected chi connectivity index (χ2v) is 8.03. The SMILES string of the molecule is COc1cccc(C(C)(C)CC(O)(/C=N/c2cccc3[nH]c(=O)ccc23)C(F)(F)F)c1. The number of aliphatic imine (C=N–C) groups is 1. The number of hydrogen-bond acceptors (Lipinski definition) is 4. The lowest BCUT2D eigenvalue weighted by Gasteiger charge is -2.35. The number of hydrogen-bond donors (Lipinski definition) is 2. The van der Waals surface area contributed by atoms with Gasteiger partial charge in [-0.1, -0.05) is 32.0 Å². The van der Waals surface area contributed by atoms with Crippen LogP contribution in [0, 0.1) is 0 Å². The summed E-state index contributed by atoms with van der Waals surface area (Å²) in [5, 5.41) is 11.2. The summed E-state index contributed by atoms with van der Waals surface area (Å²) in [6.07, 6.45) is -5.07. The Bertz CT molecular complexity index is 1170. The monoisotopic (exact) mass is 432 g/mol. The number of nitrogens with zero attached hydrogens (tertiary/aromatic N) is 1. The third-order valence-electron chi connectivity index (χ3n) is 5.21. The van der Waals surface area contributed by atoms with Crippen LogP contribution in [0.1, 0.15) is 25.8 Å². The average molecular weight is 432 g/mol. The van der Waals surface area contributed by atoms with Gasteiger partial charge in [-0.3, -0.25) is 9.79 Å². The molecule has 0 amide bonds. The van der Waals surface area contributed by atoms with Crippen molar-refractivity contribution in [1.82, 2.24) is 4.98 Å². The zero-order valence-corrected chi connectivity index (χ0v) is 17.3. The van der Waals surface area contributed by atoms with Crippen LogP contribution in [0.3, 0.4) is 0 Å². The van der Waals surface area contributed by atoms with Gasteiger partial charge in [0.2, 0.25) is 5.56 Å². The van der Waals surface area contributed by atoms with E-state index in [1.54, 1.807) is 50.2 Å². The first-order valence-corrected chi connectivity index (χ1v) is 9.56. The highest BCUT2D eigenvalue weighted by Crippen LogP contribution is 2.41. The molecule has 1 aromatic heterocycles. The summed E-state index contributed by atoms with van der Waals surface area (Å²) in [6, 6.07) is 14.2. The predicted molar refractivity (Wildman–Crippen MR) is 114 cm³/mol. The van der Waals surface area contributed by atoms with Gasteiger partial charge in [-0.15, -0.1) is 0 Å². The fourth-order valence-electron chi connectivity index (χ4n) is 3.50. The number of halogens is 3. The third-order valence-corrected chi connectivity index (χ3v) is 5.21. The summed E-state index contributed by atoms with van der Waals surface area (Å²) >= 11 is 0. The molecule has 0 aliphatic rings. The van der Waals surface area contributed by atoms with E-state index in [2.05, 4.69) is 9.98 Å². The molecular formula is C23H23F3N2O3. The van der Waals surface area contributed by atoms with E-state index in [0.717, 1.165) is 0 Å². The van der Waals surface area contributed by atoms with Crippen LogP contribution in [0.4, 0.5) is 18.9 Å². The van der Waals surface area contributed by atoms with Crippen molar-refractivity contribution in [3.8, 4) is 5.75 Å². The summed E-state index contributed by atoms with van der Waals surface area (Å²) in [5.74, 6) is 0.513. The standard InChI is InChI=1S/C23H23F3N2O3/c1-21(2,15-6-4-7-16(12-15)31-3)13-22(30,23(24,25)26)14-27-18-8-5-9-19-17(18)10-11-20(29)28-19/h4-12,14,30H,13H2,1-3H3,(H,28,29)/b27-14+. The summed E-state index contributed by atoms with van der Waals surface area (Å²) in [4.78, 5) is 18.1. The maximum atomic E-state index is 14.0. The second-order valence-electron chi connectivity index (χ2n) is 8.03. The van der Waals surface area contributed by atoms with Gasteiger partial charge in [0.1, 0.15) is 5.75 Å². The number of aromatic amines is 1. The van der Waals surface area contributed by atoms with Gasteiger partial charge in [-0.25, -0.2) is 0 Å². The first-order valence-electron chi connectivity index (χ1n) is 9.56. The van der Waals surface area contributed by atoms with Crippen LogP contribution >= 0.6 is 0 Å². The van der Waals surface area contributed by atoms with E-state index >= 15 is 0 Å². The molecule has 0 saturated heterocycles. The molecule has 0 aliphatic carbocycles. The summed E-state index contributed by atoms with van der Waals surface area (Å²) in [7, 11) is 1.47. The van der Waals surface area contributed by atoms with E-state index in [-0.39, 0.29) is 11.2 Å². The Morgan fingerprint density at radius 3 is 2.48 bits per heavy atom. The Labute approximate surface area is 177 Å². The number of rotatable bonds is 6. The second kappa shape index (κ2) is 8.19. The van der Waals surface area contributed by atoms with Crippen molar-refractivity contribution in [3.63, 3.8) is 0 Å². The van der Waals surface area contributed by atoms with Crippen molar-refractivity contribution in [1.29, 1.82) is 0 Å². The molecule has 0 spiro atoms. The molecule has 3 aromatic rings. The zero-order chi connectivity index (χ0) is 22.9. The zero-order valence-electron chi connectivity index (χ0n) is 17.3. The number of aromatic nitrogens is 1. The van der Waals surface area contributed by atoms with Crippen LogP contribution in [0.5, 0.6) is 5.75 Å². The molecule has 1 unspecified atom stereocenters. The normalized spacial score (nSPS) is 14.7. The Morgan fingerprint density at radius 1 is 1.10 bits per heavy atom. The Balaban J connectivity index is 2.01. The molecule has 164 valence electrons. The van der Waals surface area contributed by atoms with E-state index < -0.39 is 23.6 Å². The number of methoxy groups -OCH3 is 1. The Hall–Kier alpha value is -3.13. The number of benzene rings is 2. The van der Waals surface area contributed by atoms with Crippen LogP contribution in [-0.4, -0.2) is 35.2 Å². The number of nitrogens with one attached hydrogen (secondary N) is 1. The Morgan fingerprint density at radius 2 is 1.81 bits per heavy atom. The lowest BCUT2D eigenvalue weighted by Crippen LogP contribution is -2.50. The lowest BCUT2D eigenvalue weighted by atomic mass is 9.75. The summed E-state index contributed by atoms with van der Waals surface area (Å²) in [6.45, 7) is 3.24. The van der Waals surface area contributed by atoms with Gasteiger partial charge >= 0.3 is 6.18 Å². The van der Waals surface area contributed by atoms with Crippen LogP contribution < -0.4 is 10.3 Å². The smallest absolute Gasteiger partial charge is 0.422 e. The minimum atomic E-state index is -4.95. The first kappa shape index (κ1) is 22.6. The van der Waals surface area contributed by atoms with Crippen LogP contribution in [0.15, 0.2) is 64.4 Å². The molecule has 2 N–H and O–H groups in total. The molecule has 1 atom stereocenters. The van der Waals surface area contributed by atoms with E-state index in [1.165, 1.54) is 25.3 Å². The minimum absolute atomic E-state index is 0.204. The fourth-order valence-corrected chi connectivity index (χ4v) is 3.50. The van der Waals surface area contributed by atoms with Crippen LogP contribution in [0.25, 0.3) is 10.9 Å². The van der Waals surface area contributed by atoms with Crippen molar-refractivity contribution in [2.45, 2.75) is 37.5 Å². The largest absolute Gasteiger partial charge is 0.497 e. The van der Waals surface area contributed by atoms with E-state index in [0.29, 0.717) is 28.4 Å². The van der Waals surface area contributed by atoms with Gasteiger partial charge < -0.3 is 14.8 Å². The summed E-state index contributed by atoms with van der Waals surface area (Å²) in [5.41, 5.74) is -3.32. The number of ether oxygens (including phenoxy) is 1. The molecule has 0 saturated carbocycles. The van der Waals surface area contributed by atoms with Crippen LogP contribution in [-0.2, 0) is 5.41 Å². The summed E-state index contributed by atoms with van der Waals surface area (Å²) < 4.78 is 47.0. The topological polar surface area (TPSA) is 74.7 Å². The molecular weight excluding hydrogens is 409 g/mol. The highest BCUT2D eigenvalue weighted by molar-refractivity contribution is 5.91. The number of aliphatic hydroxyl groups is 1. The molecule has 2 aromatic carbocycles. The number of alkyl halides is 3. The molecule has 3 rings (SSSR count). The van der Waals surface area contributed by atoms with Gasteiger partial charge in [0.15, 0.2) is 5.60 Å². The fraction of sp³-hybridized carbons (Fsp3) is 0.304. The highest BCUT2D eigenvalue weighted by atomic mass is 19.4. The predicted octanol–water partition coefficient (Wildman–Crippen LogP) is 4.90. The molecule has 0 bridgehead atoms. The van der Waals surface area contributed by atoms with Crippen molar-refractivity contribution in [2.24, 2.45) is 4.99 Å². The first-order chi connectivity index (χ1) is 14.4. The van der Waals surface area contributed by atoms with Crippen molar-refractivity contribution in [2.75, 3.05) is 7.11 Å². The molecule has 8 heteroatoms. The van der Waals surface area contributed by atoms with Gasteiger partial charge in [0, 0.05) is 17.7 Å². The molecule has 1 heterocycles. The number of H-pyrrole nitrogens is 1. The molecule has 0 aliphatic heterocycles. The average Bonchev–Trinajstić information content (AvgIpc) is 2.71. The van der Waals surface area contributed by atoms with E-state index in [1.807, 2.05) is 0 Å². The molecule has 0 radical (unpaired) electrons. The van der Waals surface area contributed by atoms with Gasteiger partial charge in [0.05, 0.1) is 18.3 Å². The van der Waals surface area contributed by atoms with E-state index in [4.69, 9.17) is 4.74 Å². The maximum absolute atomic E-state index is 14.0. The maximum Gasteiger partial charge on any atom is 0.422 e. The van der Waals surface area contributed by atoms with Gasteiger partial charge in [-0.05, 0) is 47.7 Å². The minimum Gasteiger partial charge on any atom is -0.497 e. The number of pyridine rings is 1. The van der Waals surface area contributed by atoms with Crippen LogP contribution in [0.2, 0.25) is 0 Å². The third kappa shape index (κ3) is 4.80. The molecule has 0 fully saturated rings. The quantitative estimate of drug-likeness (QED) is 0.544. The van der Waals surface area contributed by atoms with Crippen molar-refractivity contribution in [3.05, 3.63) is 70.5 Å². The van der Waals surface area contributed by atoms with Gasteiger partial charge in [0.25, 0.3) is 0 Å². The molecule has 31 heavy (non-hydrogen) atoms. The van der Waals surface area contributed by atoms with Gasteiger partial charge in [-0.2, -0.15) is 13.2 Å². The Kier molecular flexibility index (Phi) is 5.96. The van der Waals surface area contributed by atoms with Crippen molar-refractivity contribution >= 4 is 22.8 Å². The number of fused-ring (bicyclic) bond motifs is 1. The highest BCUT2D eigenvalue weighted by Gasteiger charge is 2.55. The van der Waals surface area contributed by atoms with E-state index in [9.17, 15) is 23.1 Å².